The van der Waals surface area contributed by atoms with Gasteiger partial charge >= 0.3 is 0 Å². The van der Waals surface area contributed by atoms with Gasteiger partial charge < -0.3 is 11.2 Å². The van der Waals surface area contributed by atoms with Gasteiger partial charge in [-0.2, -0.15) is 0 Å². The third-order valence-electron chi connectivity index (χ3n) is 1.78. The first kappa shape index (κ1) is 12.3. The fourth-order valence-corrected chi connectivity index (χ4v) is 1.000. The second-order valence-electron chi connectivity index (χ2n) is 2.27. The largest absolute Gasteiger partial charge is 0.870 e. The number of hydrogen-bond acceptors (Lipinski definition) is 1. The Hall–Kier alpha value is -0.340. The zero-order chi connectivity index (χ0) is 7.28. The number of rotatable bonds is 3. The molecule has 0 aliphatic heterocycles. The van der Waals surface area contributed by atoms with Crippen molar-refractivity contribution in [3.8, 4) is 0 Å². The van der Waals surface area contributed by atoms with Crippen LogP contribution in [0.1, 0.15) is 40.0 Å². The number of hydrogen-bond donors (Lipinski definition) is 1. The summed E-state index contributed by atoms with van der Waals surface area (Å²) >= 11 is 0. The van der Waals surface area contributed by atoms with Gasteiger partial charge in [-0.15, -0.1) is 0 Å². The van der Waals surface area contributed by atoms with Crippen LogP contribution in [0.5, 0.6) is 0 Å². The predicted octanol–water partition coefficient (Wildman–Crippen LogP) is 1.54. The molecule has 0 heterocycles. The molecule has 0 aliphatic rings. The van der Waals surface area contributed by atoms with E-state index in [4.69, 9.17) is 0 Å². The molecule has 0 aromatic carbocycles. The van der Waals surface area contributed by atoms with Gasteiger partial charge in [0.2, 0.25) is 0 Å². The van der Waals surface area contributed by atoms with Crippen LogP contribution in [0.3, 0.4) is 0 Å². The Morgan fingerprint density at radius 1 is 1.00 bits per heavy atom. The van der Waals surface area contributed by atoms with E-state index in [0.29, 0.717) is 0 Å². The van der Waals surface area contributed by atoms with Crippen molar-refractivity contribution in [2.75, 3.05) is 0 Å². The van der Waals surface area contributed by atoms with E-state index in [2.05, 4.69) is 26.5 Å². The van der Waals surface area contributed by atoms with Gasteiger partial charge in [0.05, 0.1) is 0 Å². The first-order chi connectivity index (χ1) is 4.26. The monoisotopic (exact) mass is 145 g/mol. The topological polar surface area (TPSA) is 57.6 Å². The van der Waals surface area contributed by atoms with Crippen molar-refractivity contribution in [2.45, 2.75) is 40.0 Å². The molecule has 2 heteroatoms. The SMILES string of the molecule is CCC([NH3+])=C(CC)CC.[OH-]. The quantitative estimate of drug-likeness (QED) is 0.643. The molecule has 0 aromatic heterocycles. The van der Waals surface area contributed by atoms with Gasteiger partial charge in [-0.25, -0.2) is 0 Å². The molecule has 4 N–H and O–H groups in total. The van der Waals surface area contributed by atoms with Crippen molar-refractivity contribution < 1.29 is 11.2 Å². The summed E-state index contributed by atoms with van der Waals surface area (Å²) in [6.07, 6.45) is 3.45. The molecule has 0 bridgehead atoms. The zero-order valence-electron chi connectivity index (χ0n) is 7.28. The van der Waals surface area contributed by atoms with Gasteiger partial charge in [0.15, 0.2) is 0 Å². The van der Waals surface area contributed by atoms with Crippen molar-refractivity contribution >= 4 is 0 Å². The molecule has 0 aromatic rings. The Bertz CT molecular complexity index is 102. The van der Waals surface area contributed by atoms with E-state index < -0.39 is 0 Å². The summed E-state index contributed by atoms with van der Waals surface area (Å²) in [5, 5.41) is 0. The van der Waals surface area contributed by atoms with Gasteiger partial charge in [-0.05, 0) is 18.4 Å². The summed E-state index contributed by atoms with van der Waals surface area (Å²) in [4.78, 5) is 0. The Morgan fingerprint density at radius 2 is 1.40 bits per heavy atom. The molecule has 0 rings (SSSR count). The lowest BCUT2D eigenvalue weighted by Crippen LogP contribution is -2.48. The lowest BCUT2D eigenvalue weighted by molar-refractivity contribution is -0.308. The maximum absolute atomic E-state index is 3.98. The number of allylic oxidation sites excluding steroid dienone is 2. The Morgan fingerprint density at radius 3 is 1.50 bits per heavy atom. The Kier molecular flexibility index (Phi) is 8.37. The maximum Gasteiger partial charge on any atom is 0.103 e. The van der Waals surface area contributed by atoms with Crippen LogP contribution >= 0.6 is 0 Å². The van der Waals surface area contributed by atoms with E-state index in [1.807, 2.05) is 0 Å². The maximum atomic E-state index is 3.98. The zero-order valence-corrected chi connectivity index (χ0v) is 7.28. The van der Waals surface area contributed by atoms with E-state index in [1.54, 1.807) is 0 Å². The van der Waals surface area contributed by atoms with Gasteiger partial charge in [0, 0.05) is 6.42 Å². The molecule has 0 radical (unpaired) electrons. The minimum Gasteiger partial charge on any atom is -0.870 e. The molecule has 0 unspecified atom stereocenters. The second kappa shape index (κ2) is 6.78. The van der Waals surface area contributed by atoms with Crippen molar-refractivity contribution in [3.63, 3.8) is 0 Å². The van der Waals surface area contributed by atoms with Crippen molar-refractivity contribution in [2.24, 2.45) is 0 Å². The van der Waals surface area contributed by atoms with Crippen LogP contribution in [0.2, 0.25) is 0 Å². The standard InChI is InChI=1S/C8H17N.H2O/c1-4-7(5-2)8(9)6-3;/h4-6,9H2,1-3H3;1H2. The van der Waals surface area contributed by atoms with Crippen molar-refractivity contribution in [3.05, 3.63) is 11.3 Å². The molecular formula is C8H19NO. The molecule has 0 fully saturated rings. The third kappa shape index (κ3) is 3.64. The number of quaternary nitrogens is 1. The van der Waals surface area contributed by atoms with E-state index >= 15 is 0 Å². The smallest absolute Gasteiger partial charge is 0.103 e. The summed E-state index contributed by atoms with van der Waals surface area (Å²) in [6.45, 7) is 6.55. The van der Waals surface area contributed by atoms with Crippen molar-refractivity contribution in [1.29, 1.82) is 0 Å². The molecule has 0 saturated carbocycles. The van der Waals surface area contributed by atoms with E-state index in [-0.39, 0.29) is 5.48 Å². The summed E-state index contributed by atoms with van der Waals surface area (Å²) in [5.74, 6) is 0. The van der Waals surface area contributed by atoms with Crippen LogP contribution in [-0.2, 0) is 0 Å². The summed E-state index contributed by atoms with van der Waals surface area (Å²) < 4.78 is 0. The average Bonchev–Trinajstić information content (AvgIpc) is 1.90. The minimum absolute atomic E-state index is 0. The minimum atomic E-state index is 0. The van der Waals surface area contributed by atoms with Crippen LogP contribution in [0, 0.1) is 0 Å². The second-order valence-corrected chi connectivity index (χ2v) is 2.27. The van der Waals surface area contributed by atoms with E-state index in [9.17, 15) is 0 Å². The van der Waals surface area contributed by atoms with Crippen LogP contribution in [0.4, 0.5) is 0 Å². The highest BCUT2D eigenvalue weighted by molar-refractivity contribution is 5.04. The van der Waals surface area contributed by atoms with Crippen LogP contribution < -0.4 is 5.73 Å². The van der Waals surface area contributed by atoms with Gasteiger partial charge in [0.1, 0.15) is 5.70 Å². The average molecular weight is 145 g/mol. The molecule has 2 nitrogen and oxygen atoms in total. The summed E-state index contributed by atoms with van der Waals surface area (Å²) in [7, 11) is 0. The van der Waals surface area contributed by atoms with Gasteiger partial charge in [0.25, 0.3) is 0 Å². The highest BCUT2D eigenvalue weighted by Crippen LogP contribution is 2.08. The van der Waals surface area contributed by atoms with E-state index in [1.165, 1.54) is 24.1 Å². The lowest BCUT2D eigenvalue weighted by Gasteiger charge is -1.99. The van der Waals surface area contributed by atoms with Crippen molar-refractivity contribution in [1.82, 2.24) is 0 Å². The third-order valence-corrected chi connectivity index (χ3v) is 1.78. The fourth-order valence-electron chi connectivity index (χ4n) is 1.000. The highest BCUT2D eigenvalue weighted by atomic mass is 16.0. The molecule has 0 amide bonds. The normalized spacial score (nSPS) is 8.40. The molecule has 0 aliphatic carbocycles. The fraction of sp³-hybridized carbons (Fsp3) is 0.750. The Labute approximate surface area is 63.4 Å². The molecule has 0 saturated heterocycles. The highest BCUT2D eigenvalue weighted by Gasteiger charge is 1.98. The van der Waals surface area contributed by atoms with E-state index in [0.717, 1.165) is 6.42 Å². The Balaban J connectivity index is 0. The first-order valence-corrected chi connectivity index (χ1v) is 3.79. The van der Waals surface area contributed by atoms with Crippen LogP contribution in [0.25, 0.3) is 0 Å². The molecule has 0 atom stereocenters. The summed E-state index contributed by atoms with van der Waals surface area (Å²) in [6, 6.07) is 0. The van der Waals surface area contributed by atoms with Crippen LogP contribution in [-0.4, -0.2) is 5.48 Å². The molecule has 0 spiro atoms. The van der Waals surface area contributed by atoms with Gasteiger partial charge in [-0.3, -0.25) is 0 Å². The van der Waals surface area contributed by atoms with Gasteiger partial charge in [-0.1, -0.05) is 20.8 Å². The first-order valence-electron chi connectivity index (χ1n) is 3.79. The predicted molar refractivity (Wildman–Crippen MR) is 42.7 cm³/mol. The van der Waals surface area contributed by atoms with Crippen LogP contribution in [0.15, 0.2) is 11.3 Å². The summed E-state index contributed by atoms with van der Waals surface area (Å²) in [5.41, 5.74) is 6.84. The molecule has 62 valence electrons. The molecular weight excluding hydrogens is 126 g/mol. The lowest BCUT2D eigenvalue weighted by atomic mass is 10.1. The molecule has 10 heavy (non-hydrogen) atoms.